The van der Waals surface area contributed by atoms with Gasteiger partial charge in [0.05, 0.1) is 31.0 Å². The quantitative estimate of drug-likeness (QED) is 0.115. The molecule has 1 unspecified atom stereocenters. The number of aliphatic hydroxyl groups excluding tert-OH is 8. The number of fused-ring (bicyclic) bond motifs is 5. The maximum absolute atomic E-state index is 12.2. The molecule has 0 amide bonds. The SMILES string of the molecule is C/C(=C\CCC(C)(C)O)[C@H]1CC[C@]2(C)[C@@H]1[C@@H](O)C[C@@H]1[C@@]3(C)CC[C@@H](O[C@@H]4O[C@H](CO)[C@@H](O)[C@H](O)[C@H]4O[C@@H]4O[C@H](CO)[C@@H](O)[C@H](O)[C@H]4O)C(C)(C)C3CC[C@]12C. The van der Waals surface area contributed by atoms with Gasteiger partial charge in [0, 0.05) is 0 Å². The van der Waals surface area contributed by atoms with Gasteiger partial charge in [0.15, 0.2) is 12.6 Å². The highest BCUT2D eigenvalue weighted by Gasteiger charge is 2.70. The molecule has 318 valence electrons. The molecule has 6 fully saturated rings. The predicted octanol–water partition coefficient (Wildman–Crippen LogP) is 2.15. The van der Waals surface area contributed by atoms with Crippen LogP contribution in [0.2, 0.25) is 0 Å². The molecule has 6 rings (SSSR count). The van der Waals surface area contributed by atoms with Crippen molar-refractivity contribution in [3.05, 3.63) is 11.6 Å². The minimum atomic E-state index is -1.75. The number of ether oxygens (including phenoxy) is 4. The van der Waals surface area contributed by atoms with Crippen molar-refractivity contribution in [2.75, 3.05) is 13.2 Å². The van der Waals surface area contributed by atoms with E-state index in [-0.39, 0.29) is 34.0 Å². The lowest BCUT2D eigenvalue weighted by atomic mass is 9.35. The zero-order valence-electron chi connectivity index (χ0n) is 34.3. The summed E-state index contributed by atoms with van der Waals surface area (Å²) in [6, 6.07) is 0. The van der Waals surface area contributed by atoms with Crippen LogP contribution >= 0.6 is 0 Å². The molecule has 0 aromatic carbocycles. The fourth-order valence-electron chi connectivity index (χ4n) is 13.1. The normalized spacial score (nSPS) is 51.6. The van der Waals surface area contributed by atoms with Gasteiger partial charge in [-0.05, 0) is 124 Å². The van der Waals surface area contributed by atoms with E-state index in [0.29, 0.717) is 18.8 Å². The summed E-state index contributed by atoms with van der Waals surface area (Å²) in [6.07, 6.45) is -5.75. The van der Waals surface area contributed by atoms with Gasteiger partial charge in [-0.1, -0.05) is 46.3 Å². The summed E-state index contributed by atoms with van der Waals surface area (Å²) in [7, 11) is 0. The number of hydrogen-bond acceptors (Lipinski definition) is 13. The van der Waals surface area contributed by atoms with Crippen molar-refractivity contribution in [2.24, 2.45) is 45.3 Å². The summed E-state index contributed by atoms with van der Waals surface area (Å²) >= 11 is 0. The first-order valence-electron chi connectivity index (χ1n) is 20.9. The fourth-order valence-corrected chi connectivity index (χ4v) is 13.1. The topological polar surface area (TPSA) is 219 Å². The molecule has 19 atom stereocenters. The second-order valence-electron chi connectivity index (χ2n) is 20.2. The largest absolute Gasteiger partial charge is 0.394 e. The zero-order chi connectivity index (χ0) is 40.6. The van der Waals surface area contributed by atoms with Crippen LogP contribution in [0.4, 0.5) is 0 Å². The van der Waals surface area contributed by atoms with Crippen molar-refractivity contribution in [1.82, 2.24) is 0 Å². The first-order valence-corrected chi connectivity index (χ1v) is 20.9. The van der Waals surface area contributed by atoms with Crippen LogP contribution in [0.15, 0.2) is 11.6 Å². The zero-order valence-corrected chi connectivity index (χ0v) is 34.3. The Morgan fingerprint density at radius 2 is 1.33 bits per heavy atom. The summed E-state index contributed by atoms with van der Waals surface area (Å²) < 4.78 is 24.4. The molecule has 2 aliphatic heterocycles. The Morgan fingerprint density at radius 3 is 1.95 bits per heavy atom. The van der Waals surface area contributed by atoms with Gasteiger partial charge in [0.1, 0.15) is 48.8 Å². The lowest BCUT2D eigenvalue weighted by molar-refractivity contribution is -0.378. The molecule has 4 aliphatic carbocycles. The Hall–Kier alpha value is -0.780. The predicted molar refractivity (Wildman–Crippen MR) is 201 cm³/mol. The van der Waals surface area contributed by atoms with Crippen LogP contribution in [-0.4, -0.2) is 138 Å². The van der Waals surface area contributed by atoms with Gasteiger partial charge in [-0.2, -0.15) is 0 Å². The number of rotatable bonds is 10. The molecule has 0 spiro atoms. The van der Waals surface area contributed by atoms with Crippen molar-refractivity contribution >= 4 is 0 Å². The molecule has 0 aromatic rings. The summed E-state index contributed by atoms with van der Waals surface area (Å²) in [6.45, 7) is 16.4. The Balaban J connectivity index is 1.22. The van der Waals surface area contributed by atoms with Crippen LogP contribution in [-0.2, 0) is 18.9 Å². The first-order chi connectivity index (χ1) is 25.6. The molecule has 4 saturated carbocycles. The van der Waals surface area contributed by atoms with Crippen LogP contribution in [0.25, 0.3) is 0 Å². The van der Waals surface area contributed by atoms with Crippen LogP contribution in [0.3, 0.4) is 0 Å². The highest BCUT2D eigenvalue weighted by molar-refractivity contribution is 5.22. The van der Waals surface area contributed by atoms with Crippen LogP contribution in [0, 0.1) is 45.3 Å². The standard InChI is InChI=1S/C42H72O13/c1-21(10-9-14-38(2,3)51)22-11-16-42(8)29(22)23(45)18-27-40(6)15-13-28(39(4,5)26(40)12-17-41(27,42)7)54-37-35(33(49)31(47)25(20-44)53-37)55-36-34(50)32(48)30(46)24(19-43)52-36/h10,22-37,43-51H,9,11-20H2,1-8H3/b21-10+/t22-,23+,24-,25-,26?,27-,28-,29+,30-,31-,32+,33+,34-,35-,36+,37+,40+,41-,42-/m1/s1. The third kappa shape index (κ3) is 7.42. The van der Waals surface area contributed by atoms with Gasteiger partial charge >= 0.3 is 0 Å². The van der Waals surface area contributed by atoms with Gasteiger partial charge in [0.2, 0.25) is 0 Å². The monoisotopic (exact) mass is 784 g/mol. The second kappa shape index (κ2) is 15.7. The average Bonchev–Trinajstić information content (AvgIpc) is 3.49. The van der Waals surface area contributed by atoms with Gasteiger partial charge in [-0.3, -0.25) is 0 Å². The van der Waals surface area contributed by atoms with Crippen LogP contribution in [0.5, 0.6) is 0 Å². The van der Waals surface area contributed by atoms with E-state index in [2.05, 4.69) is 47.6 Å². The molecule has 13 nitrogen and oxygen atoms in total. The second-order valence-corrected chi connectivity index (χ2v) is 20.2. The van der Waals surface area contributed by atoms with E-state index in [1.807, 2.05) is 13.8 Å². The molecular formula is C42H72O13. The summed E-state index contributed by atoms with van der Waals surface area (Å²) in [5.41, 5.74) is 0.0670. The molecule has 2 saturated heterocycles. The molecule has 13 heteroatoms. The van der Waals surface area contributed by atoms with E-state index in [9.17, 15) is 46.0 Å². The van der Waals surface area contributed by atoms with Crippen molar-refractivity contribution in [3.8, 4) is 0 Å². The van der Waals surface area contributed by atoms with Crippen molar-refractivity contribution in [1.29, 1.82) is 0 Å². The maximum atomic E-state index is 12.2. The maximum Gasteiger partial charge on any atom is 0.187 e. The summed E-state index contributed by atoms with van der Waals surface area (Å²) in [5.74, 6) is 0.973. The van der Waals surface area contributed by atoms with E-state index in [1.54, 1.807) is 0 Å². The smallest absolute Gasteiger partial charge is 0.187 e. The van der Waals surface area contributed by atoms with E-state index in [4.69, 9.17) is 18.9 Å². The Bertz CT molecular complexity index is 1370. The third-order valence-electron chi connectivity index (χ3n) is 16.4. The van der Waals surface area contributed by atoms with Crippen LogP contribution < -0.4 is 0 Å². The lowest BCUT2D eigenvalue weighted by Crippen LogP contribution is -2.67. The van der Waals surface area contributed by atoms with E-state index < -0.39 is 97.8 Å². The summed E-state index contributed by atoms with van der Waals surface area (Å²) in [4.78, 5) is 0. The first kappa shape index (κ1) is 43.8. The number of hydrogen-bond donors (Lipinski definition) is 9. The number of aliphatic hydroxyl groups is 9. The minimum Gasteiger partial charge on any atom is -0.394 e. The molecule has 0 radical (unpaired) electrons. The Kier molecular flexibility index (Phi) is 12.5. The highest BCUT2D eigenvalue weighted by Crippen LogP contribution is 2.75. The highest BCUT2D eigenvalue weighted by atomic mass is 16.8. The Morgan fingerprint density at radius 1 is 0.727 bits per heavy atom. The lowest BCUT2D eigenvalue weighted by Gasteiger charge is -2.70. The molecule has 0 bridgehead atoms. The number of allylic oxidation sites excluding steroid dienone is 2. The minimum absolute atomic E-state index is 0.0133. The van der Waals surface area contributed by atoms with Gasteiger partial charge in [-0.15, -0.1) is 0 Å². The van der Waals surface area contributed by atoms with Gasteiger partial charge in [0.25, 0.3) is 0 Å². The van der Waals surface area contributed by atoms with Crippen molar-refractivity contribution in [2.45, 2.75) is 192 Å². The molecular weight excluding hydrogens is 712 g/mol. The molecule has 9 N–H and O–H groups in total. The van der Waals surface area contributed by atoms with E-state index in [1.165, 1.54) is 5.57 Å². The molecule has 6 aliphatic rings. The van der Waals surface area contributed by atoms with Gasteiger partial charge in [-0.25, -0.2) is 0 Å². The molecule has 2 heterocycles. The Labute approximate surface area is 327 Å². The fraction of sp³-hybridized carbons (Fsp3) is 0.952. The van der Waals surface area contributed by atoms with Crippen molar-refractivity contribution in [3.63, 3.8) is 0 Å². The van der Waals surface area contributed by atoms with E-state index >= 15 is 0 Å². The summed E-state index contributed by atoms with van der Waals surface area (Å²) in [5, 5.41) is 95.7. The molecule has 55 heavy (non-hydrogen) atoms. The average molecular weight is 785 g/mol. The van der Waals surface area contributed by atoms with Gasteiger partial charge < -0.3 is 64.9 Å². The molecule has 0 aromatic heterocycles. The van der Waals surface area contributed by atoms with E-state index in [0.717, 1.165) is 44.9 Å². The van der Waals surface area contributed by atoms with Crippen LogP contribution in [0.1, 0.15) is 113 Å². The van der Waals surface area contributed by atoms with Crippen molar-refractivity contribution < 1.29 is 64.9 Å². The third-order valence-corrected chi connectivity index (χ3v) is 16.4.